The molecule has 5 heteroatoms. The molecule has 0 radical (unpaired) electrons. The van der Waals surface area contributed by atoms with Crippen molar-refractivity contribution >= 4 is 5.91 Å². The minimum atomic E-state index is -0.577. The van der Waals surface area contributed by atoms with E-state index in [2.05, 4.69) is 19.2 Å². The molecule has 1 saturated heterocycles. The number of amides is 1. The van der Waals surface area contributed by atoms with Crippen molar-refractivity contribution in [1.29, 1.82) is 0 Å². The highest BCUT2D eigenvalue weighted by Gasteiger charge is 2.68. The highest BCUT2D eigenvalue weighted by molar-refractivity contribution is 5.73. The number of hydrogen-bond donors (Lipinski definition) is 1. The van der Waals surface area contributed by atoms with Crippen molar-refractivity contribution in [3.63, 3.8) is 0 Å². The Hall–Kier alpha value is -1.49. The van der Waals surface area contributed by atoms with E-state index in [1.807, 2.05) is 0 Å². The lowest BCUT2D eigenvalue weighted by Gasteiger charge is -2.53. The number of halogens is 2. The maximum Gasteiger partial charge on any atom is 0.217 e. The Morgan fingerprint density at radius 2 is 1.96 bits per heavy atom. The minimum Gasteiger partial charge on any atom is -0.373 e. The molecular formula is C20H25F2NO2. The molecule has 3 nitrogen and oxygen atoms in total. The number of carbonyl (C=O) groups is 1. The van der Waals surface area contributed by atoms with Crippen LogP contribution in [0.4, 0.5) is 8.78 Å². The lowest BCUT2D eigenvalue weighted by Crippen LogP contribution is -2.58. The Labute approximate surface area is 147 Å². The molecule has 1 aromatic rings. The molecule has 3 fully saturated rings. The van der Waals surface area contributed by atoms with Crippen LogP contribution in [0.3, 0.4) is 0 Å². The second-order valence-corrected chi connectivity index (χ2v) is 8.61. The summed E-state index contributed by atoms with van der Waals surface area (Å²) in [6.07, 6.45) is 2.13. The lowest BCUT2D eigenvalue weighted by atomic mass is 9.58. The highest BCUT2D eigenvalue weighted by atomic mass is 19.1. The molecule has 1 heterocycles. The lowest BCUT2D eigenvalue weighted by molar-refractivity contribution is -0.137. The summed E-state index contributed by atoms with van der Waals surface area (Å²) in [4.78, 5) is 11.8. The fourth-order valence-electron chi connectivity index (χ4n) is 6.06. The monoisotopic (exact) mass is 349 g/mol. The van der Waals surface area contributed by atoms with Gasteiger partial charge in [0.05, 0.1) is 11.7 Å². The van der Waals surface area contributed by atoms with Gasteiger partial charge < -0.3 is 10.1 Å². The molecule has 2 aliphatic carbocycles. The summed E-state index contributed by atoms with van der Waals surface area (Å²) in [6.45, 7) is 6.42. The van der Waals surface area contributed by atoms with Crippen molar-refractivity contribution < 1.29 is 18.3 Å². The largest absolute Gasteiger partial charge is 0.373 e. The van der Waals surface area contributed by atoms with Gasteiger partial charge in [-0.15, -0.1) is 0 Å². The van der Waals surface area contributed by atoms with Crippen LogP contribution in [0.1, 0.15) is 51.7 Å². The van der Waals surface area contributed by atoms with Gasteiger partial charge in [-0.3, -0.25) is 4.79 Å². The zero-order valence-corrected chi connectivity index (χ0v) is 14.9. The van der Waals surface area contributed by atoms with Crippen molar-refractivity contribution in [1.82, 2.24) is 5.32 Å². The Kier molecular flexibility index (Phi) is 3.73. The van der Waals surface area contributed by atoms with Crippen LogP contribution in [0.5, 0.6) is 0 Å². The summed E-state index contributed by atoms with van der Waals surface area (Å²) in [6, 6.07) is 4.00. The first-order chi connectivity index (χ1) is 11.8. The van der Waals surface area contributed by atoms with Crippen LogP contribution in [-0.4, -0.2) is 18.6 Å². The van der Waals surface area contributed by atoms with Gasteiger partial charge in [-0.2, -0.15) is 0 Å². The molecule has 3 aliphatic rings. The molecule has 1 aromatic carbocycles. The Bertz CT molecular complexity index is 699. The Morgan fingerprint density at radius 1 is 1.28 bits per heavy atom. The Balaban J connectivity index is 1.76. The molecule has 136 valence electrons. The normalized spacial score (nSPS) is 38.4. The molecule has 4 rings (SSSR count). The van der Waals surface area contributed by atoms with E-state index in [1.54, 1.807) is 6.92 Å². The van der Waals surface area contributed by atoms with Crippen LogP contribution in [0, 0.1) is 34.3 Å². The van der Waals surface area contributed by atoms with E-state index >= 15 is 0 Å². The zero-order valence-electron chi connectivity index (χ0n) is 14.9. The van der Waals surface area contributed by atoms with Gasteiger partial charge in [0.25, 0.3) is 0 Å². The number of hydrogen-bond acceptors (Lipinski definition) is 2. The molecule has 2 bridgehead atoms. The summed E-state index contributed by atoms with van der Waals surface area (Å²) < 4.78 is 34.7. The SMILES string of the molecule is CC(=O)N[C@H]1C(C)(C)[C@@H]2C[C@@H]3[C@@H](c4c(F)cccc4F)OCCC31C2. The molecule has 1 aliphatic heterocycles. The summed E-state index contributed by atoms with van der Waals surface area (Å²) in [7, 11) is 0. The maximum absolute atomic E-state index is 14.4. The standard InChI is InChI=1S/C20H25F2NO2/c1-11(24)23-18-19(2,3)12-9-13-17(25-8-7-20(13,18)10-12)16-14(21)5-4-6-15(16)22/h4-6,12-13,17-18H,7-10H2,1-3H3,(H,23,24)/t12-,13-,17+,18+,20?/m1/s1. The van der Waals surface area contributed by atoms with Gasteiger partial charge in [0, 0.05) is 19.6 Å². The van der Waals surface area contributed by atoms with Crippen molar-refractivity contribution in [2.24, 2.45) is 22.7 Å². The van der Waals surface area contributed by atoms with E-state index < -0.39 is 17.7 Å². The van der Waals surface area contributed by atoms with Crippen molar-refractivity contribution in [3.05, 3.63) is 35.4 Å². The minimum absolute atomic E-state index is 0.0160. The van der Waals surface area contributed by atoms with E-state index in [1.165, 1.54) is 18.2 Å². The van der Waals surface area contributed by atoms with E-state index in [9.17, 15) is 13.6 Å². The number of rotatable bonds is 2. The third-order valence-electron chi connectivity index (χ3n) is 7.14. The van der Waals surface area contributed by atoms with Gasteiger partial charge in [0.1, 0.15) is 11.6 Å². The summed E-state index contributed by atoms with van der Waals surface area (Å²) in [5, 5.41) is 3.17. The predicted molar refractivity (Wildman–Crippen MR) is 89.7 cm³/mol. The number of benzene rings is 1. The molecule has 0 aromatic heterocycles. The molecule has 1 amide bonds. The third-order valence-corrected chi connectivity index (χ3v) is 7.14. The fraction of sp³-hybridized carbons (Fsp3) is 0.650. The van der Waals surface area contributed by atoms with Gasteiger partial charge in [-0.1, -0.05) is 19.9 Å². The van der Waals surface area contributed by atoms with Gasteiger partial charge in [-0.25, -0.2) is 8.78 Å². The van der Waals surface area contributed by atoms with Gasteiger partial charge in [0.2, 0.25) is 5.91 Å². The quantitative estimate of drug-likeness (QED) is 0.877. The van der Waals surface area contributed by atoms with Crippen LogP contribution < -0.4 is 5.32 Å². The zero-order chi connectivity index (χ0) is 18.0. The average molecular weight is 349 g/mol. The highest BCUT2D eigenvalue weighted by Crippen LogP contribution is 2.70. The van der Waals surface area contributed by atoms with Crippen LogP contribution >= 0.6 is 0 Å². The summed E-state index contributed by atoms with van der Waals surface area (Å²) in [5.74, 6) is -0.671. The van der Waals surface area contributed by atoms with Crippen molar-refractivity contribution in [2.75, 3.05) is 6.61 Å². The van der Waals surface area contributed by atoms with Gasteiger partial charge in [-0.05, 0) is 54.1 Å². The third kappa shape index (κ3) is 2.28. The Morgan fingerprint density at radius 3 is 2.60 bits per heavy atom. The van der Waals surface area contributed by atoms with E-state index in [-0.39, 0.29) is 34.3 Å². The summed E-state index contributed by atoms with van der Waals surface area (Å²) in [5.41, 5.74) is -0.103. The van der Waals surface area contributed by atoms with E-state index in [0.717, 1.165) is 19.3 Å². The second kappa shape index (κ2) is 5.50. The van der Waals surface area contributed by atoms with Crippen LogP contribution in [0.2, 0.25) is 0 Å². The number of fused-ring (bicyclic) bond motifs is 1. The van der Waals surface area contributed by atoms with Crippen molar-refractivity contribution in [3.8, 4) is 0 Å². The first-order valence-corrected chi connectivity index (χ1v) is 9.10. The molecule has 2 saturated carbocycles. The smallest absolute Gasteiger partial charge is 0.217 e. The predicted octanol–water partition coefficient (Wildman–Crippen LogP) is 3.98. The summed E-state index contributed by atoms with van der Waals surface area (Å²) >= 11 is 0. The van der Waals surface area contributed by atoms with Crippen LogP contribution in [0.25, 0.3) is 0 Å². The molecular weight excluding hydrogens is 324 g/mol. The topological polar surface area (TPSA) is 38.3 Å². The number of ether oxygens (including phenoxy) is 1. The average Bonchev–Trinajstić information content (AvgIpc) is 3.01. The van der Waals surface area contributed by atoms with Gasteiger partial charge >= 0.3 is 0 Å². The van der Waals surface area contributed by atoms with Crippen LogP contribution in [0.15, 0.2) is 18.2 Å². The fourth-order valence-corrected chi connectivity index (χ4v) is 6.06. The second-order valence-electron chi connectivity index (χ2n) is 8.61. The first kappa shape index (κ1) is 17.0. The van der Waals surface area contributed by atoms with E-state index in [4.69, 9.17) is 4.74 Å². The molecule has 1 N–H and O–H groups in total. The van der Waals surface area contributed by atoms with Crippen molar-refractivity contribution in [2.45, 2.75) is 52.2 Å². The van der Waals surface area contributed by atoms with Crippen LogP contribution in [-0.2, 0) is 9.53 Å². The number of nitrogens with one attached hydrogen (secondary N) is 1. The molecule has 25 heavy (non-hydrogen) atoms. The molecule has 1 unspecified atom stereocenters. The maximum atomic E-state index is 14.4. The van der Waals surface area contributed by atoms with E-state index in [0.29, 0.717) is 12.5 Å². The molecule has 1 spiro atoms. The number of carbonyl (C=O) groups excluding carboxylic acids is 1. The first-order valence-electron chi connectivity index (χ1n) is 9.10. The molecule has 5 atom stereocenters. The van der Waals surface area contributed by atoms with Gasteiger partial charge in [0.15, 0.2) is 0 Å².